The first-order valence-electron chi connectivity index (χ1n) is 7.30. The van der Waals surface area contributed by atoms with Gasteiger partial charge >= 0.3 is 0 Å². The molecule has 1 atom stereocenters. The van der Waals surface area contributed by atoms with Gasteiger partial charge in [-0.25, -0.2) is 4.98 Å². The minimum absolute atomic E-state index is 0.213. The zero-order chi connectivity index (χ0) is 14.3. The molecule has 0 radical (unpaired) electrons. The second kappa shape index (κ2) is 4.88. The van der Waals surface area contributed by atoms with Crippen molar-refractivity contribution in [1.82, 2.24) is 4.98 Å². The Bertz CT molecular complexity index is 605. The van der Waals surface area contributed by atoms with E-state index in [2.05, 4.69) is 50.0 Å². The van der Waals surface area contributed by atoms with Crippen LogP contribution in [0.1, 0.15) is 61.2 Å². The normalized spacial score (nSPS) is 18.9. The summed E-state index contributed by atoms with van der Waals surface area (Å²) >= 11 is 1.67. The highest BCUT2D eigenvalue weighted by Gasteiger charge is 2.25. The highest BCUT2D eigenvalue weighted by Crippen LogP contribution is 2.41. The SMILES string of the molecule is CC(C)(C)c1ccc(C2CCCc3nc(N)sc32)cc1. The summed E-state index contributed by atoms with van der Waals surface area (Å²) in [6, 6.07) is 9.12. The molecule has 0 amide bonds. The van der Waals surface area contributed by atoms with Gasteiger partial charge in [0.15, 0.2) is 5.13 Å². The molecule has 0 aliphatic heterocycles. The first-order chi connectivity index (χ1) is 9.45. The van der Waals surface area contributed by atoms with Gasteiger partial charge in [0.25, 0.3) is 0 Å². The van der Waals surface area contributed by atoms with Crippen molar-refractivity contribution in [3.63, 3.8) is 0 Å². The Morgan fingerprint density at radius 1 is 1.20 bits per heavy atom. The summed E-state index contributed by atoms with van der Waals surface area (Å²) in [6.45, 7) is 6.76. The van der Waals surface area contributed by atoms with E-state index >= 15 is 0 Å². The largest absolute Gasteiger partial charge is 0.375 e. The lowest BCUT2D eigenvalue weighted by molar-refractivity contribution is 0.587. The Morgan fingerprint density at radius 3 is 2.55 bits per heavy atom. The molecule has 2 nitrogen and oxygen atoms in total. The standard InChI is InChI=1S/C17H22N2S/c1-17(2,3)12-9-7-11(8-10-12)13-5-4-6-14-15(13)20-16(18)19-14/h7-10,13H,4-6H2,1-3H3,(H2,18,19). The second-order valence-electron chi connectivity index (χ2n) is 6.68. The molecule has 2 N–H and O–H groups in total. The molecule has 1 aromatic heterocycles. The molecule has 1 aliphatic carbocycles. The van der Waals surface area contributed by atoms with Crippen LogP contribution in [0.2, 0.25) is 0 Å². The second-order valence-corrected chi connectivity index (χ2v) is 7.74. The van der Waals surface area contributed by atoms with E-state index in [1.54, 1.807) is 11.3 Å². The van der Waals surface area contributed by atoms with Gasteiger partial charge in [-0.3, -0.25) is 0 Å². The quantitative estimate of drug-likeness (QED) is 0.838. The van der Waals surface area contributed by atoms with Crippen molar-refractivity contribution in [2.75, 3.05) is 5.73 Å². The van der Waals surface area contributed by atoms with Gasteiger partial charge in [-0.2, -0.15) is 0 Å². The van der Waals surface area contributed by atoms with Crippen molar-refractivity contribution in [3.8, 4) is 0 Å². The van der Waals surface area contributed by atoms with Gasteiger partial charge in [-0.15, -0.1) is 11.3 Å². The number of nitrogens with two attached hydrogens (primary N) is 1. The molecule has 0 bridgehead atoms. The molecule has 20 heavy (non-hydrogen) atoms. The van der Waals surface area contributed by atoms with E-state index < -0.39 is 0 Å². The van der Waals surface area contributed by atoms with Crippen LogP contribution < -0.4 is 5.73 Å². The van der Waals surface area contributed by atoms with Gasteiger partial charge in [-0.05, 0) is 35.8 Å². The lowest BCUT2D eigenvalue weighted by Crippen LogP contribution is -2.12. The molecule has 1 unspecified atom stereocenters. The first kappa shape index (κ1) is 13.6. The first-order valence-corrected chi connectivity index (χ1v) is 8.12. The van der Waals surface area contributed by atoms with Gasteiger partial charge in [0.1, 0.15) is 0 Å². The van der Waals surface area contributed by atoms with Gasteiger partial charge in [0, 0.05) is 10.8 Å². The number of hydrogen-bond donors (Lipinski definition) is 1. The number of fused-ring (bicyclic) bond motifs is 1. The molecular formula is C17H22N2S. The number of aromatic nitrogens is 1. The van der Waals surface area contributed by atoms with Crippen LogP contribution >= 0.6 is 11.3 Å². The average Bonchev–Trinajstić information content (AvgIpc) is 2.78. The smallest absolute Gasteiger partial charge is 0.180 e. The fourth-order valence-electron chi connectivity index (χ4n) is 2.97. The van der Waals surface area contributed by atoms with E-state index in [0.29, 0.717) is 11.0 Å². The van der Waals surface area contributed by atoms with Crippen LogP contribution in [-0.2, 0) is 11.8 Å². The molecular weight excluding hydrogens is 264 g/mol. The molecule has 1 aromatic carbocycles. The number of rotatable bonds is 1. The predicted molar refractivity (Wildman–Crippen MR) is 86.4 cm³/mol. The maximum Gasteiger partial charge on any atom is 0.180 e. The Morgan fingerprint density at radius 2 is 1.90 bits per heavy atom. The van der Waals surface area contributed by atoms with Crippen molar-refractivity contribution >= 4 is 16.5 Å². The maximum absolute atomic E-state index is 5.89. The Hall–Kier alpha value is -1.35. The molecule has 1 heterocycles. The third kappa shape index (κ3) is 2.47. The number of hydrogen-bond acceptors (Lipinski definition) is 3. The highest BCUT2D eigenvalue weighted by atomic mass is 32.1. The topological polar surface area (TPSA) is 38.9 Å². The minimum Gasteiger partial charge on any atom is -0.375 e. The number of nitrogens with zero attached hydrogens (tertiary/aromatic N) is 1. The Balaban J connectivity index is 1.94. The third-order valence-corrected chi connectivity index (χ3v) is 5.19. The van der Waals surface area contributed by atoms with Crippen molar-refractivity contribution in [1.29, 1.82) is 0 Å². The molecule has 0 spiro atoms. The van der Waals surface area contributed by atoms with Crippen LogP contribution in [0.3, 0.4) is 0 Å². The number of benzene rings is 1. The number of aryl methyl sites for hydroxylation is 1. The lowest BCUT2D eigenvalue weighted by Gasteiger charge is -2.23. The van der Waals surface area contributed by atoms with E-state index in [9.17, 15) is 0 Å². The number of anilines is 1. The van der Waals surface area contributed by atoms with Crippen molar-refractivity contribution in [3.05, 3.63) is 46.0 Å². The number of thiazole rings is 1. The zero-order valence-corrected chi connectivity index (χ0v) is 13.3. The van der Waals surface area contributed by atoms with Gasteiger partial charge in [-0.1, -0.05) is 45.0 Å². The Labute approximate surface area is 125 Å². The fourth-order valence-corrected chi connectivity index (χ4v) is 4.01. The average molecular weight is 286 g/mol. The van der Waals surface area contributed by atoms with Crippen LogP contribution in [0.25, 0.3) is 0 Å². The Kier molecular flexibility index (Phi) is 3.33. The van der Waals surface area contributed by atoms with Gasteiger partial charge in [0.2, 0.25) is 0 Å². The van der Waals surface area contributed by atoms with Crippen LogP contribution in [0.15, 0.2) is 24.3 Å². The summed E-state index contributed by atoms with van der Waals surface area (Å²) in [7, 11) is 0. The van der Waals surface area contributed by atoms with E-state index in [1.807, 2.05) is 0 Å². The van der Waals surface area contributed by atoms with Crippen molar-refractivity contribution in [2.45, 2.75) is 51.4 Å². The molecule has 1 aliphatic rings. The van der Waals surface area contributed by atoms with Gasteiger partial charge in [0.05, 0.1) is 5.69 Å². The van der Waals surface area contributed by atoms with Crippen molar-refractivity contribution in [2.24, 2.45) is 0 Å². The minimum atomic E-state index is 0.213. The summed E-state index contributed by atoms with van der Waals surface area (Å²) in [5, 5.41) is 0.716. The monoisotopic (exact) mass is 286 g/mol. The molecule has 0 fully saturated rings. The molecule has 106 valence electrons. The van der Waals surface area contributed by atoms with Crippen LogP contribution in [-0.4, -0.2) is 4.98 Å². The van der Waals surface area contributed by atoms with E-state index in [4.69, 9.17) is 5.73 Å². The summed E-state index contributed by atoms with van der Waals surface area (Å²) < 4.78 is 0. The summed E-state index contributed by atoms with van der Waals surface area (Å²) in [4.78, 5) is 5.87. The van der Waals surface area contributed by atoms with Crippen molar-refractivity contribution < 1.29 is 0 Å². The number of nitrogen functional groups attached to an aromatic ring is 1. The van der Waals surface area contributed by atoms with Gasteiger partial charge < -0.3 is 5.73 Å². The third-order valence-electron chi connectivity index (χ3n) is 4.15. The lowest BCUT2D eigenvalue weighted by atomic mass is 9.83. The zero-order valence-electron chi connectivity index (χ0n) is 12.4. The molecule has 3 heteroatoms. The van der Waals surface area contributed by atoms with Crippen LogP contribution in [0.4, 0.5) is 5.13 Å². The van der Waals surface area contributed by atoms with E-state index in [0.717, 1.165) is 6.42 Å². The van der Waals surface area contributed by atoms with Crippen LogP contribution in [0, 0.1) is 0 Å². The predicted octanol–water partition coefficient (Wildman–Crippen LogP) is 4.49. The summed E-state index contributed by atoms with van der Waals surface area (Å²) in [6.07, 6.45) is 3.50. The van der Waals surface area contributed by atoms with E-state index in [1.165, 1.54) is 34.5 Å². The fraction of sp³-hybridized carbons (Fsp3) is 0.471. The molecule has 0 saturated carbocycles. The maximum atomic E-state index is 5.89. The van der Waals surface area contributed by atoms with E-state index in [-0.39, 0.29) is 5.41 Å². The molecule has 3 rings (SSSR count). The molecule has 0 saturated heterocycles. The summed E-state index contributed by atoms with van der Waals surface area (Å²) in [5.74, 6) is 0.488. The highest BCUT2D eigenvalue weighted by molar-refractivity contribution is 7.15. The van der Waals surface area contributed by atoms with Crippen LogP contribution in [0.5, 0.6) is 0 Å². The summed E-state index contributed by atoms with van der Waals surface area (Å²) in [5.41, 5.74) is 10.1. The molecule has 2 aromatic rings.